The van der Waals surface area contributed by atoms with Gasteiger partial charge in [0.2, 0.25) is 5.88 Å². The van der Waals surface area contributed by atoms with Gasteiger partial charge in [0.25, 0.3) is 0 Å². The maximum Gasteiger partial charge on any atom is 0.200 e. The van der Waals surface area contributed by atoms with Crippen LogP contribution in [-0.4, -0.2) is 31.0 Å². The fourth-order valence-electron chi connectivity index (χ4n) is 3.07. The fraction of sp³-hybridized carbons (Fsp3) is 0.429. The molecule has 7 heteroatoms. The molecule has 4 atom stereocenters. The van der Waals surface area contributed by atoms with Gasteiger partial charge in [0, 0.05) is 31.3 Å². The van der Waals surface area contributed by atoms with Gasteiger partial charge in [-0.25, -0.2) is 10.9 Å². The first kappa shape index (κ1) is 13.8. The molecule has 0 radical (unpaired) electrons. The summed E-state index contributed by atoms with van der Waals surface area (Å²) in [6.07, 6.45) is 3.14. The topological polar surface area (TPSA) is 105 Å². The van der Waals surface area contributed by atoms with E-state index in [0.717, 1.165) is 5.56 Å². The summed E-state index contributed by atoms with van der Waals surface area (Å²) in [5.41, 5.74) is 13.6. The van der Waals surface area contributed by atoms with Crippen molar-refractivity contribution in [2.75, 3.05) is 13.7 Å². The molecule has 0 aromatic carbocycles. The van der Waals surface area contributed by atoms with Crippen LogP contribution in [0.1, 0.15) is 11.5 Å². The average Bonchev–Trinajstić information content (AvgIpc) is 2.89. The molecule has 21 heavy (non-hydrogen) atoms. The summed E-state index contributed by atoms with van der Waals surface area (Å²) in [5.74, 6) is 0.0293. The van der Waals surface area contributed by atoms with Gasteiger partial charge in [-0.05, 0) is 17.7 Å². The highest BCUT2D eigenvalue weighted by molar-refractivity contribution is 5.40. The highest BCUT2D eigenvalue weighted by atomic mass is 16.5. The smallest absolute Gasteiger partial charge is 0.200 e. The molecular formula is C14H17N5O2. The van der Waals surface area contributed by atoms with Gasteiger partial charge in [0.05, 0.1) is 18.2 Å². The van der Waals surface area contributed by atoms with E-state index in [1.54, 1.807) is 19.5 Å². The Morgan fingerprint density at radius 3 is 2.86 bits per heavy atom. The van der Waals surface area contributed by atoms with Crippen LogP contribution in [0.3, 0.4) is 0 Å². The van der Waals surface area contributed by atoms with Crippen molar-refractivity contribution in [3.05, 3.63) is 41.5 Å². The lowest BCUT2D eigenvalue weighted by Crippen LogP contribution is -2.42. The molecule has 3 heterocycles. The van der Waals surface area contributed by atoms with Crippen LogP contribution in [0.2, 0.25) is 0 Å². The molecule has 4 N–H and O–H groups in total. The Hall–Kier alpha value is -2.14. The highest BCUT2D eigenvalue weighted by Gasteiger charge is 2.48. The van der Waals surface area contributed by atoms with Crippen molar-refractivity contribution in [3.63, 3.8) is 0 Å². The minimum atomic E-state index is -0.291. The first-order valence-corrected chi connectivity index (χ1v) is 6.72. The number of ether oxygens (including phenoxy) is 2. The normalized spacial score (nSPS) is 31.4. The zero-order valence-corrected chi connectivity index (χ0v) is 11.6. The van der Waals surface area contributed by atoms with E-state index in [0.29, 0.717) is 12.2 Å². The molecule has 1 aromatic rings. The molecular weight excluding hydrogens is 270 g/mol. The Bertz CT molecular complexity index is 583. The van der Waals surface area contributed by atoms with Crippen molar-refractivity contribution in [1.82, 2.24) is 15.8 Å². The number of fused-ring (bicyclic) bond motifs is 1. The Morgan fingerprint density at radius 2 is 2.19 bits per heavy atom. The number of nitrogens with two attached hydrogens (primary N) is 1. The highest BCUT2D eigenvalue weighted by Crippen LogP contribution is 2.42. The van der Waals surface area contributed by atoms with E-state index in [9.17, 15) is 5.26 Å². The maximum atomic E-state index is 9.47. The molecule has 1 aromatic heterocycles. The second kappa shape index (κ2) is 5.69. The third-order valence-electron chi connectivity index (χ3n) is 3.97. The minimum Gasteiger partial charge on any atom is -0.458 e. The number of hydrogen-bond donors (Lipinski definition) is 3. The number of nitrogens with zero attached hydrogens (tertiary/aromatic N) is 2. The van der Waals surface area contributed by atoms with Crippen LogP contribution >= 0.6 is 0 Å². The van der Waals surface area contributed by atoms with E-state index in [1.165, 1.54) is 0 Å². The number of allylic oxidation sites excluding steroid dienone is 1. The van der Waals surface area contributed by atoms with Crippen LogP contribution in [0.15, 0.2) is 36.0 Å². The number of hydrazine groups is 1. The minimum absolute atomic E-state index is 0.00861. The number of rotatable bonds is 3. The van der Waals surface area contributed by atoms with Gasteiger partial charge < -0.3 is 15.2 Å². The van der Waals surface area contributed by atoms with Gasteiger partial charge in [-0.2, -0.15) is 5.26 Å². The summed E-state index contributed by atoms with van der Waals surface area (Å²) in [6.45, 7) is 0.512. The Morgan fingerprint density at radius 1 is 1.43 bits per heavy atom. The molecule has 1 fully saturated rings. The van der Waals surface area contributed by atoms with Crippen LogP contribution in [0.4, 0.5) is 0 Å². The number of aromatic nitrogens is 1. The number of pyridine rings is 1. The Labute approximate surface area is 122 Å². The molecule has 0 aliphatic carbocycles. The Kier molecular flexibility index (Phi) is 3.75. The predicted molar refractivity (Wildman–Crippen MR) is 74.1 cm³/mol. The quantitative estimate of drug-likeness (QED) is 0.716. The van der Waals surface area contributed by atoms with E-state index in [2.05, 4.69) is 21.9 Å². The molecule has 110 valence electrons. The van der Waals surface area contributed by atoms with Crippen molar-refractivity contribution < 1.29 is 9.47 Å². The Balaban J connectivity index is 2.05. The number of nitriles is 1. The number of hydrogen-bond acceptors (Lipinski definition) is 7. The van der Waals surface area contributed by atoms with E-state index in [1.807, 2.05) is 12.1 Å². The first-order valence-electron chi connectivity index (χ1n) is 6.72. The SMILES string of the molecule is COCC1NNC2OC(N)=C(C#N)C(c3ccncc3)C12. The third-order valence-corrected chi connectivity index (χ3v) is 3.97. The summed E-state index contributed by atoms with van der Waals surface area (Å²) in [7, 11) is 1.65. The molecule has 7 nitrogen and oxygen atoms in total. The van der Waals surface area contributed by atoms with Gasteiger partial charge >= 0.3 is 0 Å². The van der Waals surface area contributed by atoms with Crippen molar-refractivity contribution in [2.45, 2.75) is 18.2 Å². The number of nitrogens with one attached hydrogen (secondary N) is 2. The molecule has 2 aliphatic heterocycles. The summed E-state index contributed by atoms with van der Waals surface area (Å²) in [5, 5.41) is 9.47. The standard InChI is InChI=1S/C14H17N5O2/c1-20-7-10-12-11(8-2-4-17-5-3-8)9(6-15)13(16)21-14(12)19-18-10/h2-5,10-12,14,18-19H,7,16H2,1H3. The van der Waals surface area contributed by atoms with Gasteiger partial charge in [-0.15, -0.1) is 0 Å². The molecule has 0 amide bonds. The van der Waals surface area contributed by atoms with Crippen LogP contribution < -0.4 is 16.6 Å². The predicted octanol–water partition coefficient (Wildman–Crippen LogP) is -0.0456. The summed E-state index contributed by atoms with van der Waals surface area (Å²) >= 11 is 0. The summed E-state index contributed by atoms with van der Waals surface area (Å²) in [4.78, 5) is 4.03. The van der Waals surface area contributed by atoms with E-state index in [-0.39, 0.29) is 30.0 Å². The molecule has 0 saturated carbocycles. The molecule has 4 unspecified atom stereocenters. The van der Waals surface area contributed by atoms with Crippen molar-refractivity contribution in [2.24, 2.45) is 11.7 Å². The third kappa shape index (κ3) is 2.34. The van der Waals surface area contributed by atoms with Gasteiger partial charge in [0.1, 0.15) is 6.07 Å². The zero-order valence-electron chi connectivity index (χ0n) is 11.6. The molecule has 3 rings (SSSR count). The summed E-state index contributed by atoms with van der Waals surface area (Å²) < 4.78 is 10.9. The van der Waals surface area contributed by atoms with Crippen LogP contribution in [0.5, 0.6) is 0 Å². The molecule has 2 aliphatic rings. The lowest BCUT2D eigenvalue weighted by Gasteiger charge is -2.35. The van der Waals surface area contributed by atoms with Gasteiger partial charge in [0.15, 0.2) is 6.23 Å². The van der Waals surface area contributed by atoms with Crippen molar-refractivity contribution in [3.8, 4) is 6.07 Å². The first-order chi connectivity index (χ1) is 10.3. The molecule has 0 spiro atoms. The van der Waals surface area contributed by atoms with Crippen molar-refractivity contribution >= 4 is 0 Å². The van der Waals surface area contributed by atoms with Crippen LogP contribution in [0.25, 0.3) is 0 Å². The van der Waals surface area contributed by atoms with E-state index < -0.39 is 0 Å². The zero-order chi connectivity index (χ0) is 14.8. The fourth-order valence-corrected chi connectivity index (χ4v) is 3.07. The second-order valence-electron chi connectivity index (χ2n) is 5.11. The van der Waals surface area contributed by atoms with Gasteiger partial charge in [-0.1, -0.05) is 0 Å². The van der Waals surface area contributed by atoms with E-state index >= 15 is 0 Å². The van der Waals surface area contributed by atoms with Crippen molar-refractivity contribution in [1.29, 1.82) is 5.26 Å². The molecule has 1 saturated heterocycles. The molecule has 0 bridgehead atoms. The maximum absolute atomic E-state index is 9.47. The van der Waals surface area contributed by atoms with E-state index in [4.69, 9.17) is 15.2 Å². The van der Waals surface area contributed by atoms with Crippen LogP contribution in [0, 0.1) is 17.2 Å². The second-order valence-corrected chi connectivity index (χ2v) is 5.11. The summed E-state index contributed by atoms with van der Waals surface area (Å²) in [6, 6.07) is 6.02. The lowest BCUT2D eigenvalue weighted by atomic mass is 9.76. The average molecular weight is 287 g/mol. The number of methoxy groups -OCH3 is 1. The lowest BCUT2D eigenvalue weighted by molar-refractivity contribution is 0.0279. The van der Waals surface area contributed by atoms with Crippen LogP contribution in [-0.2, 0) is 9.47 Å². The largest absolute Gasteiger partial charge is 0.458 e. The van der Waals surface area contributed by atoms with Gasteiger partial charge in [-0.3, -0.25) is 4.98 Å². The monoisotopic (exact) mass is 287 g/mol.